The Bertz CT molecular complexity index is 994. The molecule has 0 aliphatic heterocycles. The van der Waals surface area contributed by atoms with Crippen LogP contribution in [0.3, 0.4) is 0 Å². The summed E-state index contributed by atoms with van der Waals surface area (Å²) in [5.41, 5.74) is 3.05. The van der Waals surface area contributed by atoms with Crippen LogP contribution in [0.25, 0.3) is 10.9 Å². The maximum absolute atomic E-state index is 12.2. The summed E-state index contributed by atoms with van der Waals surface area (Å²) in [6.07, 6.45) is 0. The number of fused-ring (bicyclic) bond motifs is 1. The zero-order valence-corrected chi connectivity index (χ0v) is 15.3. The van der Waals surface area contributed by atoms with Gasteiger partial charge in [0.15, 0.2) is 5.75 Å². The van der Waals surface area contributed by atoms with Crippen molar-refractivity contribution < 1.29 is 9.47 Å². The molecule has 0 aliphatic rings. The van der Waals surface area contributed by atoms with Crippen molar-refractivity contribution in [1.82, 2.24) is 4.57 Å². The molecule has 130 valence electrons. The van der Waals surface area contributed by atoms with E-state index < -0.39 is 0 Å². The van der Waals surface area contributed by atoms with Crippen LogP contribution in [-0.2, 0) is 7.05 Å². The van der Waals surface area contributed by atoms with Gasteiger partial charge in [-0.1, -0.05) is 11.6 Å². The number of ether oxygens (including phenoxy) is 2. The smallest absolute Gasteiger partial charge is 0.251 e. The number of hydrogen-bond donors (Lipinski definition) is 1. The molecule has 0 saturated carbocycles. The van der Waals surface area contributed by atoms with Crippen LogP contribution >= 0.6 is 11.6 Å². The molecule has 0 amide bonds. The van der Waals surface area contributed by atoms with Crippen LogP contribution in [0.5, 0.6) is 11.5 Å². The molecule has 0 aliphatic carbocycles. The monoisotopic (exact) mass is 358 g/mol. The Balaban J connectivity index is 2.29. The number of rotatable bonds is 4. The van der Waals surface area contributed by atoms with Crippen LogP contribution in [0.1, 0.15) is 5.56 Å². The molecule has 6 heteroatoms. The fourth-order valence-electron chi connectivity index (χ4n) is 2.94. The fraction of sp³-hybridized carbons (Fsp3) is 0.211. The largest absolute Gasteiger partial charge is 0.494 e. The molecule has 0 radical (unpaired) electrons. The lowest BCUT2D eigenvalue weighted by Gasteiger charge is -2.19. The lowest BCUT2D eigenvalue weighted by atomic mass is 10.1. The standard InChI is InChI=1S/C19H19ClN2O3/c1-11-9-16(23)22(2)18-15(24-3)10-14(19(25-4)17(11)18)21-13-7-5-12(20)6-8-13/h5-10,21H,1-4H3. The minimum atomic E-state index is -0.0937. The van der Waals surface area contributed by atoms with Gasteiger partial charge in [-0.15, -0.1) is 0 Å². The number of pyridine rings is 1. The van der Waals surface area contributed by atoms with Gasteiger partial charge in [-0.3, -0.25) is 4.79 Å². The zero-order chi connectivity index (χ0) is 18.1. The van der Waals surface area contributed by atoms with E-state index in [0.29, 0.717) is 22.0 Å². The van der Waals surface area contributed by atoms with Crippen molar-refractivity contribution in [2.45, 2.75) is 6.92 Å². The fourth-order valence-corrected chi connectivity index (χ4v) is 3.07. The van der Waals surface area contributed by atoms with Gasteiger partial charge in [-0.25, -0.2) is 0 Å². The molecule has 3 aromatic rings. The minimum Gasteiger partial charge on any atom is -0.494 e. The number of halogens is 1. The highest BCUT2D eigenvalue weighted by molar-refractivity contribution is 6.30. The minimum absolute atomic E-state index is 0.0937. The average molecular weight is 359 g/mol. The highest BCUT2D eigenvalue weighted by Crippen LogP contribution is 2.41. The summed E-state index contributed by atoms with van der Waals surface area (Å²) in [5, 5.41) is 4.83. The summed E-state index contributed by atoms with van der Waals surface area (Å²) in [6.45, 7) is 1.89. The molecule has 2 aromatic carbocycles. The molecule has 0 unspecified atom stereocenters. The summed E-state index contributed by atoms with van der Waals surface area (Å²) in [6, 6.07) is 10.8. The second-order valence-electron chi connectivity index (χ2n) is 5.74. The van der Waals surface area contributed by atoms with Crippen molar-refractivity contribution in [2.24, 2.45) is 7.05 Å². The second-order valence-corrected chi connectivity index (χ2v) is 6.18. The molecule has 0 fully saturated rings. The molecule has 0 atom stereocenters. The summed E-state index contributed by atoms with van der Waals surface area (Å²) >= 11 is 5.95. The molecule has 0 bridgehead atoms. The van der Waals surface area contributed by atoms with Crippen molar-refractivity contribution in [3.8, 4) is 11.5 Å². The summed E-state index contributed by atoms with van der Waals surface area (Å²) in [7, 11) is 4.91. The number of anilines is 2. The molecule has 1 heterocycles. The lowest BCUT2D eigenvalue weighted by Crippen LogP contribution is -2.17. The molecule has 5 nitrogen and oxygen atoms in total. The summed E-state index contributed by atoms with van der Waals surface area (Å²) < 4.78 is 12.8. The van der Waals surface area contributed by atoms with E-state index in [0.717, 1.165) is 22.3 Å². The predicted octanol–water partition coefficient (Wildman–Crippen LogP) is 4.26. The SMILES string of the molecule is COc1c(Nc2ccc(Cl)cc2)cc(OC)c2c1c(C)cc(=O)n2C. The number of nitrogens with zero attached hydrogens (tertiary/aromatic N) is 1. The number of benzene rings is 2. The van der Waals surface area contributed by atoms with Crippen LogP contribution in [0.4, 0.5) is 11.4 Å². The summed E-state index contributed by atoms with van der Waals surface area (Å²) in [4.78, 5) is 12.2. The van der Waals surface area contributed by atoms with Crippen molar-refractivity contribution in [3.63, 3.8) is 0 Å². The molecule has 3 rings (SSSR count). The first-order valence-electron chi connectivity index (χ1n) is 7.74. The summed E-state index contributed by atoms with van der Waals surface area (Å²) in [5.74, 6) is 1.24. The first-order chi connectivity index (χ1) is 12.0. The first-order valence-corrected chi connectivity index (χ1v) is 8.12. The van der Waals surface area contributed by atoms with Crippen LogP contribution < -0.4 is 20.3 Å². The molecule has 1 N–H and O–H groups in total. The Morgan fingerprint density at radius 3 is 2.36 bits per heavy atom. The average Bonchev–Trinajstić information content (AvgIpc) is 2.60. The van der Waals surface area contributed by atoms with E-state index in [1.165, 1.54) is 0 Å². The highest BCUT2D eigenvalue weighted by Gasteiger charge is 2.18. The van der Waals surface area contributed by atoms with E-state index in [1.54, 1.807) is 31.9 Å². The van der Waals surface area contributed by atoms with Crippen molar-refractivity contribution in [3.05, 3.63) is 57.3 Å². The third kappa shape index (κ3) is 3.03. The highest BCUT2D eigenvalue weighted by atomic mass is 35.5. The number of methoxy groups -OCH3 is 2. The Morgan fingerprint density at radius 1 is 1.08 bits per heavy atom. The Labute approximate surface area is 150 Å². The quantitative estimate of drug-likeness (QED) is 0.757. The molecule has 1 aromatic heterocycles. The van der Waals surface area contributed by atoms with E-state index in [4.69, 9.17) is 21.1 Å². The lowest BCUT2D eigenvalue weighted by molar-refractivity contribution is 0.410. The van der Waals surface area contributed by atoms with Crippen LogP contribution in [0.15, 0.2) is 41.2 Å². The van der Waals surface area contributed by atoms with Gasteiger partial charge >= 0.3 is 0 Å². The molecular weight excluding hydrogens is 340 g/mol. The van der Waals surface area contributed by atoms with Gasteiger partial charge in [0.25, 0.3) is 5.56 Å². The molecular formula is C19H19ClN2O3. The molecule has 0 spiro atoms. The number of hydrogen-bond acceptors (Lipinski definition) is 4. The number of aromatic nitrogens is 1. The van der Waals surface area contributed by atoms with Gasteiger partial charge < -0.3 is 19.4 Å². The van der Waals surface area contributed by atoms with Gasteiger partial charge in [0.05, 0.1) is 25.4 Å². The number of aryl methyl sites for hydroxylation is 2. The maximum atomic E-state index is 12.2. The Hall–Kier alpha value is -2.66. The van der Waals surface area contributed by atoms with Gasteiger partial charge in [-0.2, -0.15) is 0 Å². The third-order valence-electron chi connectivity index (χ3n) is 4.16. The van der Waals surface area contributed by atoms with E-state index in [1.807, 2.05) is 37.3 Å². The Kier molecular flexibility index (Phi) is 4.59. The van der Waals surface area contributed by atoms with Gasteiger partial charge in [0.2, 0.25) is 0 Å². The van der Waals surface area contributed by atoms with E-state index >= 15 is 0 Å². The van der Waals surface area contributed by atoms with E-state index in [2.05, 4.69) is 5.32 Å². The van der Waals surface area contributed by atoms with E-state index in [9.17, 15) is 4.79 Å². The van der Waals surface area contributed by atoms with Crippen LogP contribution in [0.2, 0.25) is 5.02 Å². The van der Waals surface area contributed by atoms with Crippen LogP contribution in [-0.4, -0.2) is 18.8 Å². The topological polar surface area (TPSA) is 52.5 Å². The number of nitrogens with one attached hydrogen (secondary N) is 1. The van der Waals surface area contributed by atoms with Crippen molar-refractivity contribution >= 4 is 33.9 Å². The normalized spacial score (nSPS) is 10.8. The molecule has 25 heavy (non-hydrogen) atoms. The third-order valence-corrected chi connectivity index (χ3v) is 4.42. The Morgan fingerprint density at radius 2 is 1.76 bits per heavy atom. The second kappa shape index (κ2) is 6.69. The van der Waals surface area contributed by atoms with Crippen molar-refractivity contribution in [1.29, 1.82) is 0 Å². The zero-order valence-electron chi connectivity index (χ0n) is 14.5. The predicted molar refractivity (Wildman–Crippen MR) is 102 cm³/mol. The van der Waals surface area contributed by atoms with Crippen molar-refractivity contribution in [2.75, 3.05) is 19.5 Å². The van der Waals surface area contributed by atoms with Gasteiger partial charge in [-0.05, 0) is 36.8 Å². The molecule has 0 saturated heterocycles. The van der Waals surface area contributed by atoms with E-state index in [-0.39, 0.29) is 5.56 Å². The first kappa shape index (κ1) is 17.2. The van der Waals surface area contributed by atoms with Gasteiger partial charge in [0, 0.05) is 35.3 Å². The maximum Gasteiger partial charge on any atom is 0.251 e. The van der Waals surface area contributed by atoms with Gasteiger partial charge in [0.1, 0.15) is 5.75 Å². The van der Waals surface area contributed by atoms with Crippen LogP contribution in [0, 0.1) is 6.92 Å².